The van der Waals surface area contributed by atoms with Gasteiger partial charge in [0, 0.05) is 37.7 Å². The molecule has 0 unspecified atom stereocenters. The number of nitrogens with two attached hydrogens (primary N) is 1. The zero-order chi connectivity index (χ0) is 15.6. The third-order valence-electron chi connectivity index (χ3n) is 4.61. The van der Waals surface area contributed by atoms with Crippen molar-refractivity contribution in [2.45, 2.75) is 31.4 Å². The van der Waals surface area contributed by atoms with E-state index >= 15 is 0 Å². The van der Waals surface area contributed by atoms with E-state index in [9.17, 15) is 0 Å². The number of nitrogens with zero attached hydrogens (tertiary/aromatic N) is 2. The van der Waals surface area contributed by atoms with E-state index in [2.05, 4.69) is 22.5 Å². The van der Waals surface area contributed by atoms with Crippen LogP contribution in [0.15, 0.2) is 54.2 Å². The molecule has 2 heterocycles. The third kappa shape index (κ3) is 2.44. The summed E-state index contributed by atoms with van der Waals surface area (Å²) in [6.07, 6.45) is 7.41. The maximum atomic E-state index is 6.49. The van der Waals surface area contributed by atoms with E-state index in [4.69, 9.17) is 10.5 Å². The van der Waals surface area contributed by atoms with Gasteiger partial charge in [0.25, 0.3) is 0 Å². The molecule has 0 radical (unpaired) electrons. The van der Waals surface area contributed by atoms with E-state index in [1.807, 2.05) is 37.3 Å². The molecule has 2 aliphatic rings. The van der Waals surface area contributed by atoms with E-state index in [1.54, 1.807) is 6.20 Å². The highest BCUT2D eigenvalue weighted by molar-refractivity contribution is 5.93. The van der Waals surface area contributed by atoms with Gasteiger partial charge >= 0.3 is 0 Å². The smallest absolute Gasteiger partial charge is 0.132 e. The first kappa shape index (κ1) is 14.9. The highest BCUT2D eigenvalue weighted by atomic mass is 16.5. The lowest BCUT2D eigenvalue weighted by atomic mass is 9.83. The fourth-order valence-electron chi connectivity index (χ4n) is 3.40. The van der Waals surface area contributed by atoms with E-state index in [0.29, 0.717) is 0 Å². The Kier molecular flexibility index (Phi) is 4.03. The Hall–Kier alpha value is -2.07. The van der Waals surface area contributed by atoms with Gasteiger partial charge in [-0.1, -0.05) is 30.9 Å². The molecule has 4 nitrogen and oxygen atoms in total. The molecule has 2 N–H and O–H groups in total. The van der Waals surface area contributed by atoms with Crippen LogP contribution >= 0.6 is 0 Å². The molecule has 1 fully saturated rings. The van der Waals surface area contributed by atoms with Gasteiger partial charge in [0.05, 0.1) is 6.04 Å². The molecule has 2 aliphatic heterocycles. The predicted octanol–water partition coefficient (Wildman–Crippen LogP) is 3.03. The Morgan fingerprint density at radius 1 is 1.41 bits per heavy atom. The van der Waals surface area contributed by atoms with Crippen LogP contribution in [0.4, 0.5) is 0 Å². The number of aliphatic imine (C=N–C) groups is 1. The SMILES string of the molecule is C=C/N=C(\C=C\C)N1CCC2(CC1)Oc1ccccc1[C@H]2N. The summed E-state index contributed by atoms with van der Waals surface area (Å²) in [5, 5.41) is 0. The van der Waals surface area contributed by atoms with Gasteiger partial charge < -0.3 is 15.4 Å². The molecule has 22 heavy (non-hydrogen) atoms. The minimum Gasteiger partial charge on any atom is -0.485 e. The monoisotopic (exact) mass is 297 g/mol. The first-order valence-corrected chi connectivity index (χ1v) is 7.80. The molecule has 0 amide bonds. The second kappa shape index (κ2) is 5.97. The molecule has 4 heteroatoms. The quantitative estimate of drug-likeness (QED) is 0.674. The molecule has 1 spiro atoms. The van der Waals surface area contributed by atoms with Crippen LogP contribution in [0.1, 0.15) is 31.4 Å². The average molecular weight is 297 g/mol. The van der Waals surface area contributed by atoms with Crippen LogP contribution in [0.3, 0.4) is 0 Å². The van der Waals surface area contributed by atoms with Crippen molar-refractivity contribution < 1.29 is 4.74 Å². The highest BCUT2D eigenvalue weighted by Crippen LogP contribution is 2.46. The average Bonchev–Trinajstić information content (AvgIpc) is 2.81. The fourth-order valence-corrected chi connectivity index (χ4v) is 3.40. The zero-order valence-electron chi connectivity index (χ0n) is 13.0. The van der Waals surface area contributed by atoms with Crippen molar-refractivity contribution in [3.05, 3.63) is 54.8 Å². The molecule has 116 valence electrons. The van der Waals surface area contributed by atoms with Crippen LogP contribution in [0.25, 0.3) is 0 Å². The number of ether oxygens (including phenoxy) is 1. The van der Waals surface area contributed by atoms with Gasteiger partial charge in [0.1, 0.15) is 17.2 Å². The number of fused-ring (bicyclic) bond motifs is 1. The minimum absolute atomic E-state index is 0.0487. The van der Waals surface area contributed by atoms with E-state index in [-0.39, 0.29) is 11.6 Å². The number of hydrogen-bond acceptors (Lipinski definition) is 3. The number of allylic oxidation sites excluding steroid dienone is 1. The second-order valence-corrected chi connectivity index (χ2v) is 5.84. The molecular formula is C18H23N3O. The molecule has 1 atom stereocenters. The van der Waals surface area contributed by atoms with Crippen LogP contribution in [-0.2, 0) is 0 Å². The van der Waals surface area contributed by atoms with Gasteiger partial charge in [-0.05, 0) is 19.1 Å². The van der Waals surface area contributed by atoms with E-state index in [0.717, 1.165) is 43.1 Å². The third-order valence-corrected chi connectivity index (χ3v) is 4.61. The van der Waals surface area contributed by atoms with Crippen molar-refractivity contribution in [1.29, 1.82) is 0 Å². The summed E-state index contributed by atoms with van der Waals surface area (Å²) in [5.74, 6) is 1.90. The first-order chi connectivity index (χ1) is 10.7. The second-order valence-electron chi connectivity index (χ2n) is 5.84. The van der Waals surface area contributed by atoms with Crippen LogP contribution in [0, 0.1) is 0 Å². The van der Waals surface area contributed by atoms with Crippen molar-refractivity contribution in [3.8, 4) is 5.75 Å². The molecule has 0 aliphatic carbocycles. The largest absolute Gasteiger partial charge is 0.485 e. The lowest BCUT2D eigenvalue weighted by Gasteiger charge is -2.41. The Labute approximate surface area is 132 Å². The van der Waals surface area contributed by atoms with Gasteiger partial charge in [0.15, 0.2) is 0 Å². The summed E-state index contributed by atoms with van der Waals surface area (Å²) in [5.41, 5.74) is 7.35. The van der Waals surface area contributed by atoms with E-state index in [1.165, 1.54) is 0 Å². The number of amidine groups is 1. The lowest BCUT2D eigenvalue weighted by molar-refractivity contribution is 0.0171. The summed E-state index contributed by atoms with van der Waals surface area (Å²) in [6, 6.07) is 8.07. The van der Waals surface area contributed by atoms with Gasteiger partial charge in [-0.2, -0.15) is 0 Å². The van der Waals surface area contributed by atoms with Crippen LogP contribution in [0.2, 0.25) is 0 Å². The molecule has 3 rings (SSSR count). The fraction of sp³-hybridized carbons (Fsp3) is 0.389. The van der Waals surface area contributed by atoms with Crippen LogP contribution < -0.4 is 10.5 Å². The summed E-state index contributed by atoms with van der Waals surface area (Å²) in [4.78, 5) is 6.63. The van der Waals surface area contributed by atoms with Gasteiger partial charge in [0.2, 0.25) is 0 Å². The molecule has 1 aromatic rings. The topological polar surface area (TPSA) is 50.8 Å². The summed E-state index contributed by atoms with van der Waals surface area (Å²) in [7, 11) is 0. The number of hydrogen-bond donors (Lipinski definition) is 1. The normalized spacial score (nSPS) is 23.6. The molecule has 0 aromatic heterocycles. The maximum absolute atomic E-state index is 6.49. The van der Waals surface area contributed by atoms with E-state index < -0.39 is 0 Å². The summed E-state index contributed by atoms with van der Waals surface area (Å²) in [6.45, 7) is 7.47. The zero-order valence-corrected chi connectivity index (χ0v) is 13.0. The summed E-state index contributed by atoms with van der Waals surface area (Å²) >= 11 is 0. The number of rotatable bonds is 2. The molecule has 1 saturated heterocycles. The summed E-state index contributed by atoms with van der Waals surface area (Å²) < 4.78 is 6.27. The molecular weight excluding hydrogens is 274 g/mol. The maximum Gasteiger partial charge on any atom is 0.132 e. The number of para-hydroxylation sites is 1. The Morgan fingerprint density at radius 2 is 2.14 bits per heavy atom. The first-order valence-electron chi connectivity index (χ1n) is 7.80. The van der Waals surface area contributed by atoms with Crippen LogP contribution in [0.5, 0.6) is 5.75 Å². The van der Waals surface area contributed by atoms with Crippen LogP contribution in [-0.4, -0.2) is 29.4 Å². The van der Waals surface area contributed by atoms with Crippen molar-refractivity contribution in [3.63, 3.8) is 0 Å². The van der Waals surface area contributed by atoms with Gasteiger partial charge in [-0.25, -0.2) is 4.99 Å². The highest BCUT2D eigenvalue weighted by Gasteiger charge is 2.48. The van der Waals surface area contributed by atoms with Crippen molar-refractivity contribution >= 4 is 5.84 Å². The number of piperidine rings is 1. The molecule has 0 bridgehead atoms. The molecule has 1 aromatic carbocycles. The predicted molar refractivity (Wildman–Crippen MR) is 90.0 cm³/mol. The number of likely N-dealkylation sites (tertiary alicyclic amines) is 1. The van der Waals surface area contributed by atoms with Crippen molar-refractivity contribution in [2.75, 3.05) is 13.1 Å². The standard InChI is InChI=1S/C18H23N3O/c1-3-7-16(20-4-2)21-12-10-18(11-13-21)17(19)14-8-5-6-9-15(14)22-18/h3-9,17H,2,10-13,19H2,1H3/b7-3+,20-16+/t17-/m1/s1. The Balaban J connectivity index is 1.75. The minimum atomic E-state index is -0.268. The Bertz CT molecular complexity index is 613. The lowest BCUT2D eigenvalue weighted by Crippen LogP contribution is -2.52. The molecule has 0 saturated carbocycles. The van der Waals surface area contributed by atoms with Crippen molar-refractivity contribution in [2.24, 2.45) is 10.7 Å². The van der Waals surface area contributed by atoms with Gasteiger partial charge in [-0.3, -0.25) is 0 Å². The Morgan fingerprint density at radius 3 is 2.77 bits per heavy atom. The van der Waals surface area contributed by atoms with Crippen molar-refractivity contribution in [1.82, 2.24) is 4.90 Å². The van der Waals surface area contributed by atoms with Gasteiger partial charge in [-0.15, -0.1) is 0 Å². The number of benzene rings is 1.